The first-order valence-corrected chi connectivity index (χ1v) is 5.97. The zero-order valence-corrected chi connectivity index (χ0v) is 10.8. The highest BCUT2D eigenvalue weighted by Crippen LogP contribution is 2.21. The van der Waals surface area contributed by atoms with Gasteiger partial charge in [-0.1, -0.05) is 12.1 Å². The lowest BCUT2D eigenvalue weighted by atomic mass is 10.1. The van der Waals surface area contributed by atoms with E-state index >= 15 is 0 Å². The smallest absolute Gasteiger partial charge is 0.119 e. The van der Waals surface area contributed by atoms with Gasteiger partial charge < -0.3 is 10.5 Å². The number of nitrogens with two attached hydrogens (primary N) is 1. The molecule has 0 unspecified atom stereocenters. The normalized spacial score (nSPS) is 11.3. The summed E-state index contributed by atoms with van der Waals surface area (Å²) in [5.41, 5.74) is 7.86. The van der Waals surface area contributed by atoms with E-state index in [2.05, 4.69) is 4.98 Å². The molecule has 0 bridgehead atoms. The Morgan fingerprint density at radius 2 is 1.56 bits per heavy atom. The van der Waals surface area contributed by atoms with Crippen LogP contribution in [0.15, 0.2) is 48.8 Å². The standard InChI is InChI=1S/C15H18N2O/c1-15(2,16)11-18-14-5-3-12(4-6-14)13-7-9-17-10-8-13/h3-10H,11,16H2,1-2H3. The first kappa shape index (κ1) is 12.6. The first-order chi connectivity index (χ1) is 8.54. The molecule has 0 aliphatic heterocycles. The molecule has 0 fully saturated rings. The summed E-state index contributed by atoms with van der Waals surface area (Å²) in [5, 5.41) is 0. The molecule has 0 amide bonds. The molecule has 3 heteroatoms. The van der Waals surface area contributed by atoms with Gasteiger partial charge in [-0.05, 0) is 49.2 Å². The summed E-state index contributed by atoms with van der Waals surface area (Å²) in [6, 6.07) is 12.0. The summed E-state index contributed by atoms with van der Waals surface area (Å²) in [6.45, 7) is 4.39. The minimum atomic E-state index is -0.316. The Hall–Kier alpha value is -1.87. The van der Waals surface area contributed by atoms with Gasteiger partial charge in [-0.2, -0.15) is 0 Å². The maximum atomic E-state index is 5.87. The van der Waals surface area contributed by atoms with E-state index in [4.69, 9.17) is 10.5 Å². The van der Waals surface area contributed by atoms with Crippen LogP contribution in [0.3, 0.4) is 0 Å². The van der Waals surface area contributed by atoms with Gasteiger partial charge >= 0.3 is 0 Å². The van der Waals surface area contributed by atoms with E-state index in [-0.39, 0.29) is 5.54 Å². The molecule has 0 saturated heterocycles. The topological polar surface area (TPSA) is 48.1 Å². The van der Waals surface area contributed by atoms with Crippen LogP contribution in [0.1, 0.15) is 13.8 Å². The Morgan fingerprint density at radius 3 is 2.11 bits per heavy atom. The molecule has 2 rings (SSSR count). The molecule has 94 valence electrons. The van der Waals surface area contributed by atoms with E-state index in [1.54, 1.807) is 12.4 Å². The van der Waals surface area contributed by atoms with Crippen molar-refractivity contribution in [2.45, 2.75) is 19.4 Å². The molecule has 1 aromatic heterocycles. The lowest BCUT2D eigenvalue weighted by molar-refractivity contribution is 0.243. The molecule has 1 heterocycles. The number of benzene rings is 1. The van der Waals surface area contributed by atoms with Crippen molar-refractivity contribution in [1.29, 1.82) is 0 Å². The Kier molecular flexibility index (Phi) is 3.63. The number of hydrogen-bond acceptors (Lipinski definition) is 3. The van der Waals surface area contributed by atoms with Crippen LogP contribution in [0.2, 0.25) is 0 Å². The van der Waals surface area contributed by atoms with Gasteiger partial charge in [0, 0.05) is 17.9 Å². The molecular formula is C15H18N2O. The highest BCUT2D eigenvalue weighted by Gasteiger charge is 2.11. The predicted octanol–water partition coefficient (Wildman–Crippen LogP) is 2.86. The zero-order valence-electron chi connectivity index (χ0n) is 10.8. The molecular weight excluding hydrogens is 224 g/mol. The maximum absolute atomic E-state index is 5.87. The van der Waals surface area contributed by atoms with Crippen LogP contribution in [0, 0.1) is 0 Å². The Morgan fingerprint density at radius 1 is 1.00 bits per heavy atom. The van der Waals surface area contributed by atoms with E-state index in [0.29, 0.717) is 6.61 Å². The maximum Gasteiger partial charge on any atom is 0.119 e. The summed E-state index contributed by atoms with van der Waals surface area (Å²) in [6.07, 6.45) is 3.58. The van der Waals surface area contributed by atoms with Crippen LogP contribution < -0.4 is 10.5 Å². The van der Waals surface area contributed by atoms with Crippen LogP contribution in [0.4, 0.5) is 0 Å². The van der Waals surface area contributed by atoms with E-state index in [1.807, 2.05) is 50.2 Å². The van der Waals surface area contributed by atoms with Gasteiger partial charge in [0.25, 0.3) is 0 Å². The summed E-state index contributed by atoms with van der Waals surface area (Å²) < 4.78 is 5.62. The quantitative estimate of drug-likeness (QED) is 0.896. The highest BCUT2D eigenvalue weighted by atomic mass is 16.5. The minimum Gasteiger partial charge on any atom is -0.492 e. The average molecular weight is 242 g/mol. The molecule has 2 aromatic rings. The largest absolute Gasteiger partial charge is 0.492 e. The lowest BCUT2D eigenvalue weighted by Crippen LogP contribution is -2.38. The van der Waals surface area contributed by atoms with Crippen LogP contribution >= 0.6 is 0 Å². The number of pyridine rings is 1. The third kappa shape index (κ3) is 3.57. The van der Waals surface area contributed by atoms with Crippen molar-refractivity contribution in [2.24, 2.45) is 5.73 Å². The molecule has 0 aliphatic rings. The van der Waals surface area contributed by atoms with Crippen molar-refractivity contribution in [3.8, 4) is 16.9 Å². The van der Waals surface area contributed by atoms with Crippen LogP contribution in [-0.4, -0.2) is 17.1 Å². The molecule has 0 saturated carbocycles. The van der Waals surface area contributed by atoms with E-state index in [9.17, 15) is 0 Å². The fourth-order valence-corrected chi connectivity index (χ4v) is 1.56. The Balaban J connectivity index is 2.07. The number of hydrogen-bond donors (Lipinski definition) is 1. The lowest BCUT2D eigenvalue weighted by Gasteiger charge is -2.19. The molecule has 3 nitrogen and oxygen atoms in total. The molecule has 0 atom stereocenters. The van der Waals surface area contributed by atoms with Crippen molar-refractivity contribution in [3.63, 3.8) is 0 Å². The van der Waals surface area contributed by atoms with Crippen molar-refractivity contribution in [2.75, 3.05) is 6.61 Å². The van der Waals surface area contributed by atoms with Crippen LogP contribution in [-0.2, 0) is 0 Å². The Labute approximate surface area is 108 Å². The van der Waals surface area contributed by atoms with Crippen LogP contribution in [0.25, 0.3) is 11.1 Å². The van der Waals surface area contributed by atoms with Gasteiger partial charge in [0.1, 0.15) is 12.4 Å². The van der Waals surface area contributed by atoms with E-state index in [0.717, 1.165) is 16.9 Å². The summed E-state index contributed by atoms with van der Waals surface area (Å²) in [4.78, 5) is 4.01. The molecule has 0 radical (unpaired) electrons. The first-order valence-electron chi connectivity index (χ1n) is 5.97. The summed E-state index contributed by atoms with van der Waals surface area (Å²) in [5.74, 6) is 0.839. The second kappa shape index (κ2) is 5.19. The molecule has 1 aromatic carbocycles. The second-order valence-electron chi connectivity index (χ2n) is 5.04. The molecule has 0 aliphatic carbocycles. The monoisotopic (exact) mass is 242 g/mol. The number of ether oxygens (including phenoxy) is 1. The summed E-state index contributed by atoms with van der Waals surface area (Å²) >= 11 is 0. The number of aromatic nitrogens is 1. The third-order valence-corrected chi connectivity index (χ3v) is 2.48. The fraction of sp³-hybridized carbons (Fsp3) is 0.267. The van der Waals surface area contributed by atoms with Gasteiger partial charge in [-0.3, -0.25) is 4.98 Å². The average Bonchev–Trinajstić information content (AvgIpc) is 2.37. The van der Waals surface area contributed by atoms with Gasteiger partial charge in [-0.25, -0.2) is 0 Å². The second-order valence-corrected chi connectivity index (χ2v) is 5.04. The predicted molar refractivity (Wildman–Crippen MR) is 73.4 cm³/mol. The van der Waals surface area contributed by atoms with E-state index < -0.39 is 0 Å². The third-order valence-electron chi connectivity index (χ3n) is 2.48. The van der Waals surface area contributed by atoms with Gasteiger partial charge in [0.05, 0.1) is 0 Å². The van der Waals surface area contributed by atoms with Crippen molar-refractivity contribution < 1.29 is 4.74 Å². The number of rotatable bonds is 4. The van der Waals surface area contributed by atoms with Gasteiger partial charge in [0.2, 0.25) is 0 Å². The van der Waals surface area contributed by atoms with Crippen molar-refractivity contribution >= 4 is 0 Å². The molecule has 2 N–H and O–H groups in total. The zero-order chi connectivity index (χ0) is 13.0. The summed E-state index contributed by atoms with van der Waals surface area (Å²) in [7, 11) is 0. The SMILES string of the molecule is CC(C)(N)COc1ccc(-c2ccncc2)cc1. The van der Waals surface area contributed by atoms with Crippen molar-refractivity contribution in [1.82, 2.24) is 4.98 Å². The van der Waals surface area contributed by atoms with Crippen LogP contribution in [0.5, 0.6) is 5.75 Å². The molecule has 0 spiro atoms. The molecule has 18 heavy (non-hydrogen) atoms. The fourth-order valence-electron chi connectivity index (χ4n) is 1.56. The Bertz CT molecular complexity index is 486. The van der Waals surface area contributed by atoms with Crippen molar-refractivity contribution in [3.05, 3.63) is 48.8 Å². The minimum absolute atomic E-state index is 0.316. The highest BCUT2D eigenvalue weighted by molar-refractivity contribution is 5.63. The van der Waals surface area contributed by atoms with Gasteiger partial charge in [0.15, 0.2) is 0 Å². The number of nitrogens with zero attached hydrogens (tertiary/aromatic N) is 1. The van der Waals surface area contributed by atoms with E-state index in [1.165, 1.54) is 0 Å². The van der Waals surface area contributed by atoms with Gasteiger partial charge in [-0.15, -0.1) is 0 Å².